The van der Waals surface area contributed by atoms with Crippen LogP contribution in [0.2, 0.25) is 18.1 Å². The van der Waals surface area contributed by atoms with Gasteiger partial charge in [-0.15, -0.1) is 0 Å². The van der Waals surface area contributed by atoms with Crippen LogP contribution in [0.3, 0.4) is 0 Å². The van der Waals surface area contributed by atoms with Gasteiger partial charge in [-0.2, -0.15) is 0 Å². The molecule has 2 nitrogen and oxygen atoms in total. The molecule has 0 bridgehead atoms. The van der Waals surface area contributed by atoms with Gasteiger partial charge in [0.1, 0.15) is 5.78 Å². The number of hydrogen-bond acceptors (Lipinski definition) is 2. The van der Waals surface area contributed by atoms with Gasteiger partial charge >= 0.3 is 0 Å². The summed E-state index contributed by atoms with van der Waals surface area (Å²) < 4.78 is 6.16. The Morgan fingerprint density at radius 2 is 1.58 bits per heavy atom. The van der Waals surface area contributed by atoms with Crippen molar-refractivity contribution in [2.75, 3.05) is 6.61 Å². The molecule has 1 atom stereocenters. The Morgan fingerprint density at radius 1 is 1.11 bits per heavy atom. The van der Waals surface area contributed by atoms with Gasteiger partial charge in [0, 0.05) is 18.4 Å². The fourth-order valence-corrected chi connectivity index (χ4v) is 2.52. The maximum atomic E-state index is 12.0. The van der Waals surface area contributed by atoms with Crippen LogP contribution >= 0.6 is 0 Å². The lowest BCUT2D eigenvalue weighted by molar-refractivity contribution is -0.127. The Hall–Kier alpha value is -0.153. The Balaban J connectivity index is 4.13. The van der Waals surface area contributed by atoms with E-state index in [4.69, 9.17) is 4.43 Å². The number of rotatable bonds is 6. The van der Waals surface area contributed by atoms with E-state index in [1.54, 1.807) is 0 Å². The van der Waals surface area contributed by atoms with Crippen LogP contribution < -0.4 is 0 Å². The van der Waals surface area contributed by atoms with Crippen LogP contribution in [0.15, 0.2) is 0 Å². The first-order valence-electron chi connectivity index (χ1n) is 7.44. The normalized spacial score (nSPS) is 15.4. The predicted octanol–water partition coefficient (Wildman–Crippen LogP) is 5.04. The monoisotopic (exact) mass is 286 g/mol. The van der Waals surface area contributed by atoms with Crippen molar-refractivity contribution in [3.8, 4) is 0 Å². The quantitative estimate of drug-likeness (QED) is 0.639. The molecule has 0 aliphatic rings. The SMILES string of the molecule is C[C@@H](CCO[Si](C)(C)C(C)(C)C)CC(=O)C(C)(C)C. The van der Waals surface area contributed by atoms with Gasteiger partial charge in [0.2, 0.25) is 0 Å². The van der Waals surface area contributed by atoms with Crippen LogP contribution in [0.4, 0.5) is 0 Å². The maximum absolute atomic E-state index is 12.0. The molecule has 3 heteroatoms. The molecule has 0 aliphatic carbocycles. The highest BCUT2D eigenvalue weighted by Gasteiger charge is 2.37. The summed E-state index contributed by atoms with van der Waals surface area (Å²) in [6.07, 6.45) is 1.65. The van der Waals surface area contributed by atoms with Crippen molar-refractivity contribution in [2.24, 2.45) is 11.3 Å². The van der Waals surface area contributed by atoms with Crippen LogP contribution in [-0.2, 0) is 9.22 Å². The molecule has 0 heterocycles. The minimum absolute atomic E-state index is 0.214. The lowest BCUT2D eigenvalue weighted by Gasteiger charge is -2.36. The number of carbonyl (C=O) groups excluding carboxylic acids is 1. The molecule has 0 saturated heterocycles. The van der Waals surface area contributed by atoms with E-state index in [-0.39, 0.29) is 10.5 Å². The van der Waals surface area contributed by atoms with E-state index in [9.17, 15) is 4.79 Å². The average Bonchev–Trinajstić information content (AvgIpc) is 2.13. The Kier molecular flexibility index (Phi) is 6.48. The molecule has 0 aromatic rings. The van der Waals surface area contributed by atoms with Crippen molar-refractivity contribution in [2.45, 2.75) is 79.4 Å². The van der Waals surface area contributed by atoms with Gasteiger partial charge in [0.15, 0.2) is 8.32 Å². The van der Waals surface area contributed by atoms with Gasteiger partial charge in [-0.25, -0.2) is 0 Å². The zero-order valence-electron chi connectivity index (χ0n) is 14.5. The second-order valence-corrected chi connectivity index (χ2v) is 13.2. The zero-order valence-corrected chi connectivity index (χ0v) is 15.5. The molecule has 0 spiro atoms. The van der Waals surface area contributed by atoms with Crippen molar-refractivity contribution < 1.29 is 9.22 Å². The summed E-state index contributed by atoms with van der Waals surface area (Å²) in [4.78, 5) is 12.0. The fourth-order valence-electron chi connectivity index (χ4n) is 1.46. The molecule has 0 N–H and O–H groups in total. The van der Waals surface area contributed by atoms with E-state index in [0.717, 1.165) is 13.0 Å². The molecule has 0 fully saturated rings. The smallest absolute Gasteiger partial charge is 0.191 e. The number of Topliss-reactive ketones (excluding diaryl/α,β-unsaturated/α-hetero) is 1. The summed E-state index contributed by atoms with van der Waals surface area (Å²) in [7, 11) is -1.63. The van der Waals surface area contributed by atoms with Crippen LogP contribution in [0.25, 0.3) is 0 Å². The van der Waals surface area contributed by atoms with Crippen LogP contribution in [0.5, 0.6) is 0 Å². The first-order chi connectivity index (χ1) is 8.27. The third-order valence-corrected chi connectivity index (χ3v) is 8.79. The maximum Gasteiger partial charge on any atom is 0.191 e. The Morgan fingerprint density at radius 3 is 1.95 bits per heavy atom. The largest absolute Gasteiger partial charge is 0.417 e. The lowest BCUT2D eigenvalue weighted by Crippen LogP contribution is -2.41. The van der Waals surface area contributed by atoms with E-state index in [2.05, 4.69) is 40.8 Å². The number of hydrogen-bond donors (Lipinski definition) is 0. The molecular formula is C16H34O2Si. The van der Waals surface area contributed by atoms with E-state index in [1.165, 1.54) is 0 Å². The van der Waals surface area contributed by atoms with Gasteiger partial charge in [-0.1, -0.05) is 48.5 Å². The summed E-state index contributed by atoms with van der Waals surface area (Å²) in [5.74, 6) is 0.767. The van der Waals surface area contributed by atoms with E-state index in [0.29, 0.717) is 18.1 Å². The molecule has 0 unspecified atom stereocenters. The molecule has 114 valence electrons. The predicted molar refractivity (Wildman–Crippen MR) is 86.0 cm³/mol. The van der Waals surface area contributed by atoms with Gasteiger partial charge < -0.3 is 4.43 Å². The minimum atomic E-state index is -1.63. The molecule has 0 aromatic carbocycles. The topological polar surface area (TPSA) is 26.3 Å². The van der Waals surface area contributed by atoms with Crippen LogP contribution in [0.1, 0.15) is 61.3 Å². The fraction of sp³-hybridized carbons (Fsp3) is 0.938. The summed E-state index contributed by atoms with van der Waals surface area (Å²) in [5.41, 5.74) is -0.214. The molecule has 19 heavy (non-hydrogen) atoms. The van der Waals surface area contributed by atoms with E-state index < -0.39 is 8.32 Å². The molecule has 0 aliphatic heterocycles. The first kappa shape index (κ1) is 18.8. The summed E-state index contributed by atoms with van der Waals surface area (Å²) in [6.45, 7) is 20.2. The minimum Gasteiger partial charge on any atom is -0.417 e. The third kappa shape index (κ3) is 6.71. The zero-order chi connectivity index (χ0) is 15.5. The van der Waals surface area contributed by atoms with Crippen molar-refractivity contribution in [3.63, 3.8) is 0 Å². The molecule has 0 rings (SSSR count). The van der Waals surface area contributed by atoms with Crippen molar-refractivity contribution >= 4 is 14.1 Å². The van der Waals surface area contributed by atoms with Crippen LogP contribution in [0, 0.1) is 11.3 Å². The van der Waals surface area contributed by atoms with E-state index >= 15 is 0 Å². The molecule has 0 radical (unpaired) electrons. The van der Waals surface area contributed by atoms with Gasteiger partial charge in [0.05, 0.1) is 0 Å². The highest BCUT2D eigenvalue weighted by Crippen LogP contribution is 2.36. The third-order valence-electron chi connectivity index (χ3n) is 4.25. The highest BCUT2D eigenvalue weighted by atomic mass is 28.4. The summed E-state index contributed by atoms with van der Waals surface area (Å²) in [5, 5.41) is 0.261. The standard InChI is InChI=1S/C16H34O2Si/c1-13(12-14(17)15(2,3)4)10-11-18-19(8,9)16(5,6)7/h13H,10-12H2,1-9H3/t13-/m0/s1. The summed E-state index contributed by atoms with van der Waals surface area (Å²) in [6, 6.07) is 0. The summed E-state index contributed by atoms with van der Waals surface area (Å²) >= 11 is 0. The molecule has 0 aromatic heterocycles. The Bertz CT molecular complexity index is 295. The van der Waals surface area contributed by atoms with E-state index in [1.807, 2.05) is 20.8 Å². The molecule has 0 saturated carbocycles. The van der Waals surface area contributed by atoms with Crippen LogP contribution in [-0.4, -0.2) is 20.7 Å². The van der Waals surface area contributed by atoms with Crippen molar-refractivity contribution in [1.29, 1.82) is 0 Å². The molecule has 0 amide bonds. The Labute approximate surface area is 121 Å². The van der Waals surface area contributed by atoms with Crippen molar-refractivity contribution in [1.82, 2.24) is 0 Å². The second kappa shape index (κ2) is 6.53. The average molecular weight is 287 g/mol. The lowest BCUT2D eigenvalue weighted by atomic mass is 9.85. The highest BCUT2D eigenvalue weighted by molar-refractivity contribution is 6.74. The van der Waals surface area contributed by atoms with Crippen molar-refractivity contribution in [3.05, 3.63) is 0 Å². The first-order valence-corrected chi connectivity index (χ1v) is 10.4. The number of carbonyl (C=O) groups is 1. The molecular weight excluding hydrogens is 252 g/mol. The van der Waals surface area contributed by atoms with Gasteiger partial charge in [-0.05, 0) is 30.5 Å². The number of ketones is 1. The van der Waals surface area contributed by atoms with Gasteiger partial charge in [-0.3, -0.25) is 4.79 Å². The second-order valence-electron chi connectivity index (χ2n) is 8.38. The van der Waals surface area contributed by atoms with Gasteiger partial charge in [0.25, 0.3) is 0 Å².